The molecular weight excluding hydrogens is 266 g/mol. The predicted molar refractivity (Wildman–Crippen MR) is 84.9 cm³/mol. The van der Waals surface area contributed by atoms with E-state index in [1.54, 1.807) is 18.3 Å². The van der Waals surface area contributed by atoms with Crippen LogP contribution in [-0.4, -0.2) is 11.1 Å². The van der Waals surface area contributed by atoms with Crippen LogP contribution in [0.1, 0.15) is 23.6 Å². The second-order valence-corrected chi connectivity index (χ2v) is 4.68. The Kier molecular flexibility index (Phi) is 4.66. The first kappa shape index (κ1) is 14.7. The second kappa shape index (κ2) is 6.65. The lowest BCUT2D eigenvalue weighted by Crippen LogP contribution is -1.97. The molecule has 0 atom stereocenters. The molecule has 0 spiro atoms. The quantitative estimate of drug-likeness (QED) is 0.514. The third kappa shape index (κ3) is 3.66. The van der Waals surface area contributed by atoms with Crippen molar-refractivity contribution in [2.75, 3.05) is 5.43 Å². The van der Waals surface area contributed by atoms with Crippen molar-refractivity contribution in [2.24, 2.45) is 5.10 Å². The van der Waals surface area contributed by atoms with Crippen molar-refractivity contribution in [3.8, 4) is 0 Å². The first-order valence-corrected chi connectivity index (χ1v) is 6.74. The summed E-state index contributed by atoms with van der Waals surface area (Å²) in [6.45, 7) is 3.88. The van der Waals surface area contributed by atoms with Crippen LogP contribution in [0, 0.1) is 17.0 Å². The molecule has 0 amide bonds. The highest BCUT2D eigenvalue weighted by molar-refractivity contribution is 5.81. The van der Waals surface area contributed by atoms with Gasteiger partial charge < -0.3 is 0 Å². The number of benzene rings is 2. The van der Waals surface area contributed by atoms with E-state index in [0.29, 0.717) is 12.0 Å². The summed E-state index contributed by atoms with van der Waals surface area (Å²) in [6.07, 6.45) is 2.22. The van der Waals surface area contributed by atoms with Gasteiger partial charge >= 0.3 is 0 Å². The molecule has 0 unspecified atom stereocenters. The first-order valence-electron chi connectivity index (χ1n) is 6.74. The Bertz CT molecular complexity index is 681. The smallest absolute Gasteiger partial charge is 0.273 e. The summed E-state index contributed by atoms with van der Waals surface area (Å²) < 4.78 is 0. The number of nitro groups is 1. The molecule has 108 valence electrons. The summed E-state index contributed by atoms with van der Waals surface area (Å²) in [4.78, 5) is 10.7. The van der Waals surface area contributed by atoms with Gasteiger partial charge in [0.2, 0.25) is 0 Å². The molecule has 21 heavy (non-hydrogen) atoms. The molecule has 5 heteroatoms. The highest BCUT2D eigenvalue weighted by Crippen LogP contribution is 2.20. The molecule has 0 radical (unpaired) electrons. The minimum atomic E-state index is -0.356. The molecular formula is C16H17N3O2. The minimum Gasteiger partial charge on any atom is -0.278 e. The Balaban J connectivity index is 2.16. The van der Waals surface area contributed by atoms with Gasteiger partial charge in [-0.3, -0.25) is 15.5 Å². The van der Waals surface area contributed by atoms with Crippen LogP contribution in [0.4, 0.5) is 11.4 Å². The SMILES string of the molecule is CCc1ccc(/C=N\Nc2ccccc2C)cc1[N+](=O)[O-]. The summed E-state index contributed by atoms with van der Waals surface area (Å²) in [6, 6.07) is 12.9. The number of anilines is 1. The lowest BCUT2D eigenvalue weighted by Gasteiger charge is -2.04. The van der Waals surface area contributed by atoms with Gasteiger partial charge in [0.15, 0.2) is 0 Å². The Morgan fingerprint density at radius 2 is 2.05 bits per heavy atom. The van der Waals surface area contributed by atoms with E-state index in [1.807, 2.05) is 44.2 Å². The third-order valence-corrected chi connectivity index (χ3v) is 3.23. The molecule has 5 nitrogen and oxygen atoms in total. The fourth-order valence-corrected chi connectivity index (χ4v) is 2.00. The van der Waals surface area contributed by atoms with Gasteiger partial charge in [-0.1, -0.05) is 37.3 Å². The van der Waals surface area contributed by atoms with Crippen LogP contribution in [0.3, 0.4) is 0 Å². The van der Waals surface area contributed by atoms with Crippen molar-refractivity contribution in [1.29, 1.82) is 0 Å². The number of nitrogens with zero attached hydrogens (tertiary/aromatic N) is 2. The third-order valence-electron chi connectivity index (χ3n) is 3.23. The highest BCUT2D eigenvalue weighted by atomic mass is 16.6. The maximum Gasteiger partial charge on any atom is 0.273 e. The van der Waals surface area contributed by atoms with Crippen LogP contribution < -0.4 is 5.43 Å². The van der Waals surface area contributed by atoms with E-state index < -0.39 is 0 Å². The summed E-state index contributed by atoms with van der Waals surface area (Å²) in [5.74, 6) is 0. The summed E-state index contributed by atoms with van der Waals surface area (Å²) in [5, 5.41) is 15.1. The maximum atomic E-state index is 11.0. The van der Waals surface area contributed by atoms with Crippen molar-refractivity contribution < 1.29 is 4.92 Å². The van der Waals surface area contributed by atoms with Crippen molar-refractivity contribution >= 4 is 17.6 Å². The van der Waals surface area contributed by atoms with E-state index in [2.05, 4.69) is 10.5 Å². The lowest BCUT2D eigenvalue weighted by atomic mass is 10.1. The highest BCUT2D eigenvalue weighted by Gasteiger charge is 2.12. The molecule has 0 aliphatic carbocycles. The Morgan fingerprint density at radius 1 is 1.29 bits per heavy atom. The average molecular weight is 283 g/mol. The number of hydrogen-bond acceptors (Lipinski definition) is 4. The molecule has 0 heterocycles. The Hall–Kier alpha value is -2.69. The molecule has 0 aromatic heterocycles. The topological polar surface area (TPSA) is 67.5 Å². The van der Waals surface area contributed by atoms with Crippen LogP contribution in [0.5, 0.6) is 0 Å². The van der Waals surface area contributed by atoms with Crippen LogP contribution in [-0.2, 0) is 6.42 Å². The van der Waals surface area contributed by atoms with Gasteiger partial charge in [0.1, 0.15) is 0 Å². The average Bonchev–Trinajstić information content (AvgIpc) is 2.49. The molecule has 0 saturated carbocycles. The van der Waals surface area contributed by atoms with Crippen LogP contribution in [0.15, 0.2) is 47.6 Å². The minimum absolute atomic E-state index is 0.136. The van der Waals surface area contributed by atoms with Gasteiger partial charge in [-0.2, -0.15) is 5.10 Å². The summed E-state index contributed by atoms with van der Waals surface area (Å²) >= 11 is 0. The van der Waals surface area contributed by atoms with Crippen molar-refractivity contribution in [2.45, 2.75) is 20.3 Å². The molecule has 0 fully saturated rings. The Morgan fingerprint density at radius 3 is 2.71 bits per heavy atom. The zero-order valence-electron chi connectivity index (χ0n) is 12.0. The number of nitro benzene ring substituents is 1. The van der Waals surface area contributed by atoms with Crippen molar-refractivity contribution in [1.82, 2.24) is 0 Å². The van der Waals surface area contributed by atoms with E-state index in [4.69, 9.17) is 0 Å². The van der Waals surface area contributed by atoms with E-state index in [9.17, 15) is 10.1 Å². The number of para-hydroxylation sites is 1. The van der Waals surface area contributed by atoms with E-state index in [1.165, 1.54) is 0 Å². The van der Waals surface area contributed by atoms with Gasteiger partial charge in [-0.15, -0.1) is 0 Å². The summed E-state index contributed by atoms with van der Waals surface area (Å²) in [5.41, 5.74) is 6.49. The molecule has 0 bridgehead atoms. The molecule has 0 aliphatic heterocycles. The van der Waals surface area contributed by atoms with Crippen LogP contribution in [0.2, 0.25) is 0 Å². The number of hydrazone groups is 1. The first-order chi connectivity index (χ1) is 10.1. The van der Waals surface area contributed by atoms with Gasteiger partial charge in [0.05, 0.1) is 16.8 Å². The Labute approximate surface area is 123 Å². The molecule has 0 saturated heterocycles. The van der Waals surface area contributed by atoms with Gasteiger partial charge in [-0.05, 0) is 25.0 Å². The summed E-state index contributed by atoms with van der Waals surface area (Å²) in [7, 11) is 0. The monoisotopic (exact) mass is 283 g/mol. The van der Waals surface area contributed by atoms with E-state index in [0.717, 1.165) is 16.8 Å². The molecule has 2 rings (SSSR count). The number of rotatable bonds is 5. The largest absolute Gasteiger partial charge is 0.278 e. The fourth-order valence-electron chi connectivity index (χ4n) is 2.00. The van der Waals surface area contributed by atoms with Gasteiger partial charge in [-0.25, -0.2) is 0 Å². The second-order valence-electron chi connectivity index (χ2n) is 4.68. The van der Waals surface area contributed by atoms with Crippen molar-refractivity contribution in [3.05, 3.63) is 69.3 Å². The van der Waals surface area contributed by atoms with Gasteiger partial charge in [0, 0.05) is 17.2 Å². The number of aryl methyl sites for hydroxylation is 2. The predicted octanol–water partition coefficient (Wildman–Crippen LogP) is 3.91. The van der Waals surface area contributed by atoms with E-state index in [-0.39, 0.29) is 10.6 Å². The van der Waals surface area contributed by atoms with Gasteiger partial charge in [0.25, 0.3) is 5.69 Å². The standard InChI is InChI=1S/C16H17N3O2/c1-3-14-9-8-13(10-16(14)19(20)21)11-17-18-15-7-5-4-6-12(15)2/h4-11,18H,3H2,1-2H3/b17-11-. The molecule has 0 aliphatic rings. The fraction of sp³-hybridized carbons (Fsp3) is 0.188. The van der Waals surface area contributed by atoms with Crippen LogP contribution >= 0.6 is 0 Å². The normalized spacial score (nSPS) is 10.8. The van der Waals surface area contributed by atoms with Crippen molar-refractivity contribution in [3.63, 3.8) is 0 Å². The zero-order chi connectivity index (χ0) is 15.2. The van der Waals surface area contributed by atoms with E-state index >= 15 is 0 Å². The molecule has 1 N–H and O–H groups in total. The lowest BCUT2D eigenvalue weighted by molar-refractivity contribution is -0.385. The number of hydrogen-bond donors (Lipinski definition) is 1. The maximum absolute atomic E-state index is 11.0. The molecule has 2 aromatic carbocycles. The number of nitrogens with one attached hydrogen (secondary N) is 1. The molecule has 2 aromatic rings. The van der Waals surface area contributed by atoms with Crippen LogP contribution in [0.25, 0.3) is 0 Å². The zero-order valence-corrected chi connectivity index (χ0v) is 12.0.